The van der Waals surface area contributed by atoms with E-state index < -0.39 is 0 Å². The molecule has 1 saturated heterocycles. The third kappa shape index (κ3) is 2.84. The van der Waals surface area contributed by atoms with Crippen molar-refractivity contribution in [2.75, 3.05) is 19.6 Å². The molecule has 0 aromatic rings. The Labute approximate surface area is 90.6 Å². The van der Waals surface area contributed by atoms with Crippen molar-refractivity contribution in [1.82, 2.24) is 10.2 Å². The van der Waals surface area contributed by atoms with Crippen molar-refractivity contribution in [2.45, 2.75) is 38.2 Å². The molecule has 0 radical (unpaired) electrons. The fourth-order valence-corrected chi connectivity index (χ4v) is 2.50. The van der Waals surface area contributed by atoms with E-state index in [2.05, 4.69) is 5.32 Å². The summed E-state index contributed by atoms with van der Waals surface area (Å²) in [4.78, 5) is 13.5. The molecule has 2 atom stereocenters. The summed E-state index contributed by atoms with van der Waals surface area (Å²) >= 11 is 0. The summed E-state index contributed by atoms with van der Waals surface area (Å²) < 4.78 is 0. The molecular weight excluding hydrogens is 192 g/mol. The molecule has 2 unspecified atom stereocenters. The van der Waals surface area contributed by atoms with Gasteiger partial charge in [0.1, 0.15) is 0 Å². The number of aliphatic hydroxyl groups excluding tert-OH is 1. The predicted octanol–water partition coefficient (Wildman–Crippen LogP) is 0.953. The second-order valence-electron chi connectivity index (χ2n) is 4.71. The molecule has 0 spiro atoms. The number of amides is 2. The van der Waals surface area contributed by atoms with Crippen LogP contribution in [0.25, 0.3) is 0 Å². The topological polar surface area (TPSA) is 52.6 Å². The van der Waals surface area contributed by atoms with Crippen molar-refractivity contribution in [3.8, 4) is 0 Å². The first-order valence-electron chi connectivity index (χ1n) is 5.96. The molecule has 1 aliphatic carbocycles. The molecule has 1 aliphatic heterocycles. The number of rotatable bonds is 2. The molecule has 2 fully saturated rings. The van der Waals surface area contributed by atoms with Crippen LogP contribution in [-0.2, 0) is 0 Å². The van der Waals surface area contributed by atoms with E-state index in [9.17, 15) is 9.90 Å². The molecule has 0 bridgehead atoms. The lowest BCUT2D eigenvalue weighted by Crippen LogP contribution is -2.39. The molecule has 15 heavy (non-hydrogen) atoms. The summed E-state index contributed by atoms with van der Waals surface area (Å²) in [5.41, 5.74) is 0. The summed E-state index contributed by atoms with van der Waals surface area (Å²) in [5.74, 6) is 0.478. The first-order chi connectivity index (χ1) is 7.25. The van der Waals surface area contributed by atoms with Gasteiger partial charge in [0.2, 0.25) is 0 Å². The van der Waals surface area contributed by atoms with Crippen LogP contribution in [0.1, 0.15) is 32.1 Å². The molecule has 1 heterocycles. The van der Waals surface area contributed by atoms with Gasteiger partial charge in [-0.25, -0.2) is 4.79 Å². The van der Waals surface area contributed by atoms with Crippen molar-refractivity contribution < 1.29 is 9.90 Å². The number of carbonyl (C=O) groups excluding carboxylic acids is 1. The Kier molecular flexibility index (Phi) is 3.46. The Morgan fingerprint density at radius 3 is 2.67 bits per heavy atom. The molecule has 2 N–H and O–H groups in total. The normalized spacial score (nSPS) is 30.9. The maximum absolute atomic E-state index is 11.6. The maximum atomic E-state index is 11.6. The summed E-state index contributed by atoms with van der Waals surface area (Å²) in [5, 5.41) is 12.3. The van der Waals surface area contributed by atoms with E-state index >= 15 is 0 Å². The standard InChI is InChI=1S/C11H20N2O2/c14-10-4-3-9(7-10)8-12-11(15)13-5-1-2-6-13/h9-10,14H,1-8H2,(H,12,15). The largest absolute Gasteiger partial charge is 0.393 e. The molecule has 1 saturated carbocycles. The van der Waals surface area contributed by atoms with Gasteiger partial charge in [-0.2, -0.15) is 0 Å². The van der Waals surface area contributed by atoms with Crippen LogP contribution in [0, 0.1) is 5.92 Å². The van der Waals surface area contributed by atoms with Gasteiger partial charge in [0.15, 0.2) is 0 Å². The minimum atomic E-state index is -0.140. The fraction of sp³-hybridized carbons (Fsp3) is 0.909. The van der Waals surface area contributed by atoms with E-state index in [0.29, 0.717) is 5.92 Å². The minimum absolute atomic E-state index is 0.0777. The van der Waals surface area contributed by atoms with Crippen LogP contribution in [0.3, 0.4) is 0 Å². The first kappa shape index (κ1) is 10.7. The first-order valence-corrected chi connectivity index (χ1v) is 5.96. The number of aliphatic hydroxyl groups is 1. The van der Waals surface area contributed by atoms with Crippen molar-refractivity contribution in [3.63, 3.8) is 0 Å². The second kappa shape index (κ2) is 4.84. The SMILES string of the molecule is O=C(NCC1CCC(O)C1)N1CCCC1. The minimum Gasteiger partial charge on any atom is -0.393 e. The number of hydrogen-bond acceptors (Lipinski definition) is 2. The molecule has 86 valence electrons. The van der Waals surface area contributed by atoms with Gasteiger partial charge >= 0.3 is 6.03 Å². The number of nitrogens with zero attached hydrogens (tertiary/aromatic N) is 1. The van der Waals surface area contributed by atoms with Crippen molar-refractivity contribution >= 4 is 6.03 Å². The van der Waals surface area contributed by atoms with Crippen molar-refractivity contribution in [3.05, 3.63) is 0 Å². The Hall–Kier alpha value is -0.770. The molecule has 4 heteroatoms. The lowest BCUT2D eigenvalue weighted by Gasteiger charge is -2.18. The van der Waals surface area contributed by atoms with Gasteiger partial charge in [-0.05, 0) is 38.0 Å². The summed E-state index contributed by atoms with van der Waals surface area (Å²) in [6.45, 7) is 2.53. The number of carbonyl (C=O) groups is 1. The lowest BCUT2D eigenvalue weighted by atomic mass is 10.1. The van der Waals surface area contributed by atoms with E-state index in [0.717, 1.165) is 51.7 Å². The highest BCUT2D eigenvalue weighted by Crippen LogP contribution is 2.24. The van der Waals surface area contributed by atoms with Crippen molar-refractivity contribution in [2.24, 2.45) is 5.92 Å². The van der Waals surface area contributed by atoms with Gasteiger partial charge in [0.25, 0.3) is 0 Å². The summed E-state index contributed by atoms with van der Waals surface area (Å²) in [6, 6.07) is 0.0777. The highest BCUT2D eigenvalue weighted by Gasteiger charge is 2.24. The van der Waals surface area contributed by atoms with Crippen LogP contribution in [0.5, 0.6) is 0 Å². The zero-order valence-electron chi connectivity index (χ0n) is 9.11. The number of nitrogens with one attached hydrogen (secondary N) is 1. The van der Waals surface area contributed by atoms with Gasteiger partial charge in [-0.1, -0.05) is 0 Å². The zero-order chi connectivity index (χ0) is 10.7. The van der Waals surface area contributed by atoms with E-state index in [-0.39, 0.29) is 12.1 Å². The van der Waals surface area contributed by atoms with Crippen molar-refractivity contribution in [1.29, 1.82) is 0 Å². The Morgan fingerprint density at radius 1 is 1.33 bits per heavy atom. The van der Waals surface area contributed by atoms with Gasteiger partial charge in [-0.15, -0.1) is 0 Å². The van der Waals surface area contributed by atoms with E-state index in [4.69, 9.17) is 0 Å². The Morgan fingerprint density at radius 2 is 2.07 bits per heavy atom. The third-order valence-corrected chi connectivity index (χ3v) is 3.45. The highest BCUT2D eigenvalue weighted by molar-refractivity contribution is 5.74. The summed E-state index contributed by atoms with van der Waals surface area (Å²) in [7, 11) is 0. The molecule has 4 nitrogen and oxygen atoms in total. The van der Waals surface area contributed by atoms with Gasteiger partial charge < -0.3 is 15.3 Å². The molecule has 0 aromatic heterocycles. The maximum Gasteiger partial charge on any atom is 0.317 e. The Balaban J connectivity index is 1.66. The number of likely N-dealkylation sites (tertiary alicyclic amines) is 1. The van der Waals surface area contributed by atoms with Crippen LogP contribution in [0.15, 0.2) is 0 Å². The predicted molar refractivity (Wildman–Crippen MR) is 57.6 cm³/mol. The van der Waals surface area contributed by atoms with Crippen LogP contribution in [-0.4, -0.2) is 41.8 Å². The number of urea groups is 1. The molecule has 0 aromatic carbocycles. The average molecular weight is 212 g/mol. The van der Waals surface area contributed by atoms with Crippen LogP contribution in [0.4, 0.5) is 4.79 Å². The molecule has 2 rings (SSSR count). The average Bonchev–Trinajstić information content (AvgIpc) is 2.84. The van der Waals surface area contributed by atoms with Gasteiger partial charge in [0.05, 0.1) is 6.10 Å². The van der Waals surface area contributed by atoms with Crippen LogP contribution < -0.4 is 5.32 Å². The highest BCUT2D eigenvalue weighted by atomic mass is 16.3. The van der Waals surface area contributed by atoms with E-state index in [1.165, 1.54) is 0 Å². The second-order valence-corrected chi connectivity index (χ2v) is 4.71. The molecule has 2 aliphatic rings. The molecular formula is C11H20N2O2. The monoisotopic (exact) mass is 212 g/mol. The van der Waals surface area contributed by atoms with Crippen LogP contribution >= 0.6 is 0 Å². The van der Waals surface area contributed by atoms with E-state index in [1.807, 2.05) is 4.90 Å². The summed E-state index contributed by atoms with van der Waals surface area (Å²) in [6.07, 6.45) is 4.91. The zero-order valence-corrected chi connectivity index (χ0v) is 9.11. The van der Waals surface area contributed by atoms with E-state index in [1.54, 1.807) is 0 Å². The smallest absolute Gasteiger partial charge is 0.317 e. The lowest BCUT2D eigenvalue weighted by molar-refractivity contribution is 0.176. The third-order valence-electron chi connectivity index (χ3n) is 3.45. The number of hydrogen-bond donors (Lipinski definition) is 2. The van der Waals surface area contributed by atoms with Gasteiger partial charge in [-0.3, -0.25) is 0 Å². The van der Waals surface area contributed by atoms with Crippen LogP contribution in [0.2, 0.25) is 0 Å². The Bertz CT molecular complexity index is 227. The quantitative estimate of drug-likeness (QED) is 0.716. The molecule has 2 amide bonds. The fourth-order valence-electron chi connectivity index (χ4n) is 2.50. The van der Waals surface area contributed by atoms with Gasteiger partial charge in [0, 0.05) is 19.6 Å².